The van der Waals surface area contributed by atoms with Crippen LogP contribution in [0.1, 0.15) is 0 Å². The molecule has 5 nitrogen and oxygen atoms in total. The highest BCUT2D eigenvalue weighted by Crippen LogP contribution is 2.07. The molecule has 0 spiro atoms. The molecular weight excluding hydrogens is 175 g/mol. The van der Waals surface area contributed by atoms with Crippen molar-refractivity contribution >= 4 is 5.95 Å². The third-order valence-electron chi connectivity index (χ3n) is 1.82. The first kappa shape index (κ1) is 8.31. The van der Waals surface area contributed by atoms with E-state index in [1.54, 1.807) is 0 Å². The normalized spacial score (nSPS) is 17.5. The van der Waals surface area contributed by atoms with Crippen LogP contribution in [0.15, 0.2) is 6.33 Å². The van der Waals surface area contributed by atoms with Crippen LogP contribution >= 0.6 is 0 Å². The number of rotatable bonds is 1. The summed E-state index contributed by atoms with van der Waals surface area (Å²) in [7, 11) is 0. The van der Waals surface area contributed by atoms with Crippen molar-refractivity contribution < 1.29 is 9.13 Å². The lowest BCUT2D eigenvalue weighted by atomic mass is 10.4. The Balaban J connectivity index is 2.14. The van der Waals surface area contributed by atoms with Crippen LogP contribution in [0.4, 0.5) is 10.3 Å². The summed E-state index contributed by atoms with van der Waals surface area (Å²) in [6.07, 6.45) is 0.434. The summed E-state index contributed by atoms with van der Waals surface area (Å²) >= 11 is 0. The molecule has 0 amide bonds. The van der Waals surface area contributed by atoms with Crippen molar-refractivity contribution in [2.75, 3.05) is 31.2 Å². The van der Waals surface area contributed by atoms with Gasteiger partial charge in [0.05, 0.1) is 13.2 Å². The van der Waals surface area contributed by atoms with Crippen LogP contribution in [-0.2, 0) is 4.74 Å². The van der Waals surface area contributed by atoms with Crippen molar-refractivity contribution in [1.82, 2.24) is 15.0 Å². The third kappa shape index (κ3) is 1.89. The van der Waals surface area contributed by atoms with Gasteiger partial charge >= 0.3 is 6.08 Å². The molecular formula is C7H9FN4O. The SMILES string of the molecule is Fc1ncnc(N2CCOCC2)n1. The van der Waals surface area contributed by atoms with Crippen molar-refractivity contribution in [3.63, 3.8) is 0 Å². The molecule has 0 unspecified atom stereocenters. The third-order valence-corrected chi connectivity index (χ3v) is 1.82. The van der Waals surface area contributed by atoms with Gasteiger partial charge < -0.3 is 9.64 Å². The molecule has 1 saturated heterocycles. The van der Waals surface area contributed by atoms with Crippen molar-refractivity contribution in [2.45, 2.75) is 0 Å². The highest BCUT2D eigenvalue weighted by Gasteiger charge is 2.13. The maximum absolute atomic E-state index is 12.6. The van der Waals surface area contributed by atoms with Crippen LogP contribution in [0.2, 0.25) is 0 Å². The van der Waals surface area contributed by atoms with E-state index in [9.17, 15) is 4.39 Å². The molecule has 0 saturated carbocycles. The number of ether oxygens (including phenoxy) is 1. The molecule has 70 valence electrons. The Morgan fingerprint density at radius 2 is 2.08 bits per heavy atom. The quantitative estimate of drug-likeness (QED) is 0.607. The molecule has 0 N–H and O–H groups in total. The van der Waals surface area contributed by atoms with E-state index < -0.39 is 6.08 Å². The first-order valence-electron chi connectivity index (χ1n) is 4.03. The van der Waals surface area contributed by atoms with Crippen LogP contribution in [0.25, 0.3) is 0 Å². The Morgan fingerprint density at radius 3 is 2.77 bits per heavy atom. The Kier molecular flexibility index (Phi) is 2.31. The number of hydrogen-bond donors (Lipinski definition) is 0. The Hall–Kier alpha value is -1.30. The highest BCUT2D eigenvalue weighted by molar-refractivity contribution is 5.27. The lowest BCUT2D eigenvalue weighted by molar-refractivity contribution is 0.122. The van der Waals surface area contributed by atoms with Gasteiger partial charge in [-0.05, 0) is 0 Å². The minimum Gasteiger partial charge on any atom is -0.378 e. The summed E-state index contributed by atoms with van der Waals surface area (Å²) in [5.41, 5.74) is 0. The summed E-state index contributed by atoms with van der Waals surface area (Å²) in [6, 6.07) is 0. The van der Waals surface area contributed by atoms with Gasteiger partial charge in [0.2, 0.25) is 5.95 Å². The van der Waals surface area contributed by atoms with Gasteiger partial charge in [0.1, 0.15) is 6.33 Å². The maximum Gasteiger partial charge on any atom is 0.313 e. The molecule has 0 aliphatic carbocycles. The average Bonchev–Trinajstić information content (AvgIpc) is 2.19. The molecule has 0 radical (unpaired) electrons. The van der Waals surface area contributed by atoms with Gasteiger partial charge in [-0.1, -0.05) is 0 Å². The van der Waals surface area contributed by atoms with Gasteiger partial charge in [0.25, 0.3) is 0 Å². The van der Waals surface area contributed by atoms with E-state index >= 15 is 0 Å². The van der Waals surface area contributed by atoms with E-state index in [2.05, 4.69) is 15.0 Å². The number of anilines is 1. The zero-order chi connectivity index (χ0) is 9.10. The maximum atomic E-state index is 12.6. The summed E-state index contributed by atoms with van der Waals surface area (Å²) in [5.74, 6) is 0.385. The molecule has 1 aliphatic rings. The fourth-order valence-electron chi connectivity index (χ4n) is 1.18. The van der Waals surface area contributed by atoms with Crippen LogP contribution in [0.3, 0.4) is 0 Å². The standard InChI is InChI=1S/C7H9FN4O/c8-6-9-5-10-7(11-6)12-1-3-13-4-2-12/h5H,1-4H2. The molecule has 0 bridgehead atoms. The van der Waals surface area contributed by atoms with Crippen LogP contribution in [0, 0.1) is 6.08 Å². The van der Waals surface area contributed by atoms with Crippen LogP contribution < -0.4 is 4.90 Å². The van der Waals surface area contributed by atoms with Gasteiger partial charge in [-0.3, -0.25) is 0 Å². The van der Waals surface area contributed by atoms with E-state index in [-0.39, 0.29) is 0 Å². The van der Waals surface area contributed by atoms with E-state index in [1.807, 2.05) is 4.90 Å². The predicted octanol–water partition coefficient (Wildman–Crippen LogP) is -0.153. The number of halogens is 1. The fraction of sp³-hybridized carbons (Fsp3) is 0.571. The van der Waals surface area contributed by atoms with E-state index in [0.29, 0.717) is 32.3 Å². The van der Waals surface area contributed by atoms with Gasteiger partial charge in [0.15, 0.2) is 0 Å². The van der Waals surface area contributed by atoms with Crippen molar-refractivity contribution in [3.8, 4) is 0 Å². The first-order chi connectivity index (χ1) is 6.36. The van der Waals surface area contributed by atoms with E-state index in [4.69, 9.17) is 4.74 Å². The minimum absolute atomic E-state index is 0.385. The van der Waals surface area contributed by atoms with Gasteiger partial charge in [-0.15, -0.1) is 0 Å². The second-order valence-electron chi connectivity index (χ2n) is 2.65. The molecule has 1 fully saturated rings. The monoisotopic (exact) mass is 184 g/mol. The zero-order valence-electron chi connectivity index (χ0n) is 6.98. The van der Waals surface area contributed by atoms with E-state index in [0.717, 1.165) is 0 Å². The number of morpholine rings is 1. The first-order valence-corrected chi connectivity index (χ1v) is 4.03. The van der Waals surface area contributed by atoms with Crippen molar-refractivity contribution in [1.29, 1.82) is 0 Å². The van der Waals surface area contributed by atoms with E-state index in [1.165, 1.54) is 6.33 Å². The summed E-state index contributed by atoms with van der Waals surface area (Å²) < 4.78 is 17.7. The van der Waals surface area contributed by atoms with Gasteiger partial charge in [-0.2, -0.15) is 14.4 Å². The molecule has 2 heterocycles. The summed E-state index contributed by atoms with van der Waals surface area (Å²) in [4.78, 5) is 12.6. The molecule has 1 aromatic rings. The Labute approximate surface area is 74.6 Å². The van der Waals surface area contributed by atoms with Gasteiger partial charge in [0, 0.05) is 13.1 Å². The topological polar surface area (TPSA) is 51.1 Å². The van der Waals surface area contributed by atoms with Crippen LogP contribution in [-0.4, -0.2) is 41.3 Å². The Bertz CT molecular complexity index is 290. The van der Waals surface area contributed by atoms with Crippen molar-refractivity contribution in [3.05, 3.63) is 12.4 Å². The smallest absolute Gasteiger partial charge is 0.313 e. The molecule has 1 aromatic heterocycles. The minimum atomic E-state index is -0.739. The molecule has 0 atom stereocenters. The predicted molar refractivity (Wildman–Crippen MR) is 42.8 cm³/mol. The molecule has 1 aliphatic heterocycles. The van der Waals surface area contributed by atoms with Crippen LogP contribution in [0.5, 0.6) is 0 Å². The fourth-order valence-corrected chi connectivity index (χ4v) is 1.18. The number of nitrogens with zero attached hydrogens (tertiary/aromatic N) is 4. The largest absolute Gasteiger partial charge is 0.378 e. The lowest BCUT2D eigenvalue weighted by Gasteiger charge is -2.26. The van der Waals surface area contributed by atoms with Crippen molar-refractivity contribution in [2.24, 2.45) is 0 Å². The number of hydrogen-bond acceptors (Lipinski definition) is 5. The van der Waals surface area contributed by atoms with Gasteiger partial charge in [-0.25, -0.2) is 4.98 Å². The zero-order valence-corrected chi connectivity index (χ0v) is 6.98. The lowest BCUT2D eigenvalue weighted by Crippen LogP contribution is -2.37. The Morgan fingerprint density at radius 1 is 1.31 bits per heavy atom. The second-order valence-corrected chi connectivity index (χ2v) is 2.65. The molecule has 2 rings (SSSR count). The summed E-state index contributed by atoms with van der Waals surface area (Å²) in [6.45, 7) is 2.66. The second kappa shape index (κ2) is 3.61. The average molecular weight is 184 g/mol. The highest BCUT2D eigenvalue weighted by atomic mass is 19.1. The summed E-state index contributed by atoms with van der Waals surface area (Å²) in [5, 5.41) is 0. The number of aromatic nitrogens is 3. The molecule has 6 heteroatoms. The molecule has 13 heavy (non-hydrogen) atoms. The molecule has 0 aromatic carbocycles.